The Balaban J connectivity index is 1.61. The van der Waals surface area contributed by atoms with Crippen molar-refractivity contribution in [3.05, 3.63) is 53.2 Å². The van der Waals surface area contributed by atoms with Gasteiger partial charge < -0.3 is 14.6 Å². The van der Waals surface area contributed by atoms with E-state index in [-0.39, 0.29) is 17.9 Å². The number of aryl methyl sites for hydroxylation is 2. The Bertz CT molecular complexity index is 724. The van der Waals surface area contributed by atoms with Crippen molar-refractivity contribution < 1.29 is 14.0 Å². The number of carbonyl (C=O) groups is 2. The summed E-state index contributed by atoms with van der Waals surface area (Å²) in [6, 6.07) is 6.95. The third-order valence-electron chi connectivity index (χ3n) is 3.98. The summed E-state index contributed by atoms with van der Waals surface area (Å²) in [6.45, 7) is 4.70. The first-order valence-corrected chi connectivity index (χ1v) is 7.63. The van der Waals surface area contributed by atoms with Crippen LogP contribution in [0.3, 0.4) is 0 Å². The van der Waals surface area contributed by atoms with E-state index in [1.807, 2.05) is 6.92 Å². The van der Waals surface area contributed by atoms with Gasteiger partial charge in [0.05, 0.1) is 5.56 Å². The largest absolute Gasteiger partial charge is 0.466 e. The van der Waals surface area contributed by atoms with Gasteiger partial charge in [0.25, 0.3) is 11.8 Å². The Morgan fingerprint density at radius 2 is 2.17 bits per heavy atom. The van der Waals surface area contributed by atoms with E-state index < -0.39 is 0 Å². The number of furan rings is 1. The molecule has 6 heteroatoms. The highest BCUT2D eigenvalue weighted by Gasteiger charge is 2.29. The average molecular weight is 313 g/mol. The fourth-order valence-corrected chi connectivity index (χ4v) is 2.83. The zero-order chi connectivity index (χ0) is 16.4. The Morgan fingerprint density at radius 1 is 1.35 bits per heavy atom. The first-order chi connectivity index (χ1) is 11.0. The summed E-state index contributed by atoms with van der Waals surface area (Å²) in [5, 5.41) is 2.97. The molecule has 23 heavy (non-hydrogen) atoms. The normalized spacial score (nSPS) is 17.3. The van der Waals surface area contributed by atoms with Crippen LogP contribution in [0.25, 0.3) is 0 Å². The van der Waals surface area contributed by atoms with Gasteiger partial charge >= 0.3 is 0 Å². The molecule has 6 nitrogen and oxygen atoms in total. The second-order valence-electron chi connectivity index (χ2n) is 5.75. The maximum absolute atomic E-state index is 12.3. The first-order valence-electron chi connectivity index (χ1n) is 7.63. The molecular weight excluding hydrogens is 294 g/mol. The maximum atomic E-state index is 12.3. The van der Waals surface area contributed by atoms with Crippen LogP contribution in [-0.2, 0) is 0 Å². The molecule has 2 aromatic rings. The molecule has 0 unspecified atom stereocenters. The minimum Gasteiger partial charge on any atom is -0.466 e. The molecule has 0 aliphatic carbocycles. The number of pyridine rings is 1. The summed E-state index contributed by atoms with van der Waals surface area (Å²) in [4.78, 5) is 30.4. The van der Waals surface area contributed by atoms with Crippen molar-refractivity contribution in [2.45, 2.75) is 26.3 Å². The van der Waals surface area contributed by atoms with E-state index in [4.69, 9.17) is 4.42 Å². The van der Waals surface area contributed by atoms with Crippen LogP contribution in [0.1, 0.15) is 38.8 Å². The Labute approximate surface area is 134 Å². The molecule has 1 aliphatic heterocycles. The molecule has 0 aromatic carbocycles. The molecule has 1 N–H and O–H groups in total. The molecule has 120 valence electrons. The quantitative estimate of drug-likeness (QED) is 0.939. The van der Waals surface area contributed by atoms with Crippen LogP contribution in [0.2, 0.25) is 0 Å². The Hall–Kier alpha value is -2.63. The van der Waals surface area contributed by atoms with Gasteiger partial charge in [0.15, 0.2) is 0 Å². The lowest BCUT2D eigenvalue weighted by atomic mass is 10.2. The summed E-state index contributed by atoms with van der Waals surface area (Å²) in [7, 11) is 0. The SMILES string of the molecule is Cc1cc(C(=O)N[C@@H]2CCN(C(=O)c3ccccn3)C2)c(C)o1. The molecule has 2 amide bonds. The zero-order valence-corrected chi connectivity index (χ0v) is 13.2. The second kappa shape index (κ2) is 6.24. The number of carbonyl (C=O) groups excluding carboxylic acids is 2. The smallest absolute Gasteiger partial charge is 0.272 e. The third kappa shape index (κ3) is 3.26. The maximum Gasteiger partial charge on any atom is 0.272 e. The van der Waals surface area contributed by atoms with E-state index in [0.717, 1.165) is 6.42 Å². The van der Waals surface area contributed by atoms with Gasteiger partial charge in [-0.25, -0.2) is 0 Å². The van der Waals surface area contributed by atoms with Crippen molar-refractivity contribution in [1.82, 2.24) is 15.2 Å². The molecule has 0 spiro atoms. The van der Waals surface area contributed by atoms with Crippen molar-refractivity contribution in [2.24, 2.45) is 0 Å². The van der Waals surface area contributed by atoms with E-state index in [1.165, 1.54) is 0 Å². The number of rotatable bonds is 3. The Morgan fingerprint density at radius 3 is 2.83 bits per heavy atom. The molecule has 3 heterocycles. The fraction of sp³-hybridized carbons (Fsp3) is 0.353. The van der Waals surface area contributed by atoms with Gasteiger partial charge in [0, 0.05) is 25.3 Å². The van der Waals surface area contributed by atoms with Crippen LogP contribution in [0.15, 0.2) is 34.9 Å². The van der Waals surface area contributed by atoms with Gasteiger partial charge in [-0.2, -0.15) is 0 Å². The molecule has 1 atom stereocenters. The molecule has 0 saturated carbocycles. The van der Waals surface area contributed by atoms with Crippen LogP contribution in [-0.4, -0.2) is 40.8 Å². The average Bonchev–Trinajstić information content (AvgIpc) is 3.13. The molecule has 1 aliphatic rings. The van der Waals surface area contributed by atoms with Crippen molar-refractivity contribution >= 4 is 11.8 Å². The van der Waals surface area contributed by atoms with Gasteiger partial charge in [0.1, 0.15) is 17.2 Å². The van der Waals surface area contributed by atoms with Gasteiger partial charge in [0.2, 0.25) is 0 Å². The standard InChI is InChI=1S/C17H19N3O3/c1-11-9-14(12(2)23-11)16(21)19-13-6-8-20(10-13)17(22)15-5-3-4-7-18-15/h3-5,7,9,13H,6,8,10H2,1-2H3,(H,19,21)/t13-/m1/s1. The van der Waals surface area contributed by atoms with E-state index >= 15 is 0 Å². The van der Waals surface area contributed by atoms with E-state index in [1.54, 1.807) is 42.3 Å². The van der Waals surface area contributed by atoms with Crippen LogP contribution < -0.4 is 5.32 Å². The highest BCUT2D eigenvalue weighted by Crippen LogP contribution is 2.16. The number of hydrogen-bond donors (Lipinski definition) is 1. The highest BCUT2D eigenvalue weighted by molar-refractivity contribution is 5.96. The number of hydrogen-bond acceptors (Lipinski definition) is 4. The summed E-state index contributed by atoms with van der Waals surface area (Å²) >= 11 is 0. The summed E-state index contributed by atoms with van der Waals surface area (Å²) in [5.74, 6) is 1.07. The lowest BCUT2D eigenvalue weighted by Gasteiger charge is -2.16. The van der Waals surface area contributed by atoms with Gasteiger partial charge in [-0.1, -0.05) is 6.07 Å². The molecule has 1 fully saturated rings. The van der Waals surface area contributed by atoms with Crippen molar-refractivity contribution in [3.8, 4) is 0 Å². The van der Waals surface area contributed by atoms with Gasteiger partial charge in [-0.05, 0) is 38.5 Å². The summed E-state index contributed by atoms with van der Waals surface area (Å²) in [6.07, 6.45) is 2.34. The molecule has 0 radical (unpaired) electrons. The van der Waals surface area contributed by atoms with Crippen LogP contribution in [0.5, 0.6) is 0 Å². The van der Waals surface area contributed by atoms with Crippen LogP contribution in [0.4, 0.5) is 0 Å². The lowest BCUT2D eigenvalue weighted by molar-refractivity contribution is 0.0777. The van der Waals surface area contributed by atoms with E-state index in [2.05, 4.69) is 10.3 Å². The monoisotopic (exact) mass is 313 g/mol. The number of likely N-dealkylation sites (tertiary alicyclic amines) is 1. The second-order valence-corrected chi connectivity index (χ2v) is 5.75. The highest BCUT2D eigenvalue weighted by atomic mass is 16.3. The molecule has 1 saturated heterocycles. The van der Waals surface area contributed by atoms with Gasteiger partial charge in [-0.15, -0.1) is 0 Å². The zero-order valence-electron chi connectivity index (χ0n) is 13.2. The van der Waals surface area contributed by atoms with E-state index in [0.29, 0.717) is 35.9 Å². The molecule has 2 aromatic heterocycles. The number of amides is 2. The molecule has 0 bridgehead atoms. The van der Waals surface area contributed by atoms with Crippen molar-refractivity contribution in [3.63, 3.8) is 0 Å². The van der Waals surface area contributed by atoms with Crippen LogP contribution in [0, 0.1) is 13.8 Å². The lowest BCUT2D eigenvalue weighted by Crippen LogP contribution is -2.38. The van der Waals surface area contributed by atoms with Crippen molar-refractivity contribution in [2.75, 3.05) is 13.1 Å². The summed E-state index contributed by atoms with van der Waals surface area (Å²) in [5.41, 5.74) is 0.984. The number of aromatic nitrogens is 1. The fourth-order valence-electron chi connectivity index (χ4n) is 2.83. The number of nitrogens with zero attached hydrogens (tertiary/aromatic N) is 2. The minimum atomic E-state index is -0.156. The number of nitrogens with one attached hydrogen (secondary N) is 1. The van der Waals surface area contributed by atoms with Crippen LogP contribution >= 0.6 is 0 Å². The Kier molecular flexibility index (Phi) is 4.14. The topological polar surface area (TPSA) is 75.4 Å². The molecule has 3 rings (SSSR count). The minimum absolute atomic E-state index is 0.0511. The summed E-state index contributed by atoms with van der Waals surface area (Å²) < 4.78 is 5.38. The first kappa shape index (κ1) is 15.3. The van der Waals surface area contributed by atoms with E-state index in [9.17, 15) is 9.59 Å². The third-order valence-corrected chi connectivity index (χ3v) is 3.98. The van der Waals surface area contributed by atoms with Gasteiger partial charge in [-0.3, -0.25) is 14.6 Å². The predicted molar refractivity (Wildman–Crippen MR) is 84.2 cm³/mol. The van der Waals surface area contributed by atoms with Crippen molar-refractivity contribution in [1.29, 1.82) is 0 Å². The molecular formula is C17H19N3O3. The predicted octanol–water partition coefficient (Wildman–Crippen LogP) is 1.94.